The van der Waals surface area contributed by atoms with Gasteiger partial charge in [-0.05, 0) is 24.3 Å². The van der Waals surface area contributed by atoms with Gasteiger partial charge in [-0.1, -0.05) is 11.6 Å². The smallest absolute Gasteiger partial charge is 0.229 e. The Hall–Kier alpha value is -0.890. The molecule has 106 valence electrons. The first-order chi connectivity index (χ1) is 9.02. The molecule has 6 nitrogen and oxygen atoms in total. The number of benzene rings is 1. The van der Waals surface area contributed by atoms with Crippen LogP contribution in [0.5, 0.6) is 5.75 Å². The molecule has 1 aliphatic rings. The molecule has 2 rings (SSSR count). The summed E-state index contributed by atoms with van der Waals surface area (Å²) in [5.41, 5.74) is 0. The molecule has 1 aromatic carbocycles. The van der Waals surface area contributed by atoms with E-state index in [2.05, 4.69) is 0 Å². The largest absolute Gasteiger partial charge is 0.462 e. The van der Waals surface area contributed by atoms with Gasteiger partial charge in [0.2, 0.25) is 6.29 Å². The Morgan fingerprint density at radius 1 is 1.05 bits per heavy atom. The van der Waals surface area contributed by atoms with Gasteiger partial charge in [0.05, 0.1) is 6.61 Å². The van der Waals surface area contributed by atoms with E-state index in [9.17, 15) is 15.3 Å². The van der Waals surface area contributed by atoms with Crippen LogP contribution in [0.4, 0.5) is 0 Å². The minimum Gasteiger partial charge on any atom is -0.462 e. The molecule has 19 heavy (non-hydrogen) atoms. The van der Waals surface area contributed by atoms with Crippen molar-refractivity contribution in [1.29, 1.82) is 0 Å². The minimum atomic E-state index is -1.46. The van der Waals surface area contributed by atoms with Crippen LogP contribution in [0, 0.1) is 0 Å². The molecule has 0 amide bonds. The highest BCUT2D eigenvalue weighted by Gasteiger charge is 2.44. The second kappa shape index (κ2) is 6.04. The van der Waals surface area contributed by atoms with Crippen LogP contribution in [0.1, 0.15) is 0 Å². The molecule has 0 bridgehead atoms. The first kappa shape index (κ1) is 14.5. The summed E-state index contributed by atoms with van der Waals surface area (Å²) in [5, 5.41) is 38.5. The van der Waals surface area contributed by atoms with Crippen molar-refractivity contribution in [3.63, 3.8) is 0 Å². The Balaban J connectivity index is 2.08. The Bertz CT molecular complexity index is 409. The molecule has 0 saturated carbocycles. The van der Waals surface area contributed by atoms with Crippen LogP contribution in [-0.4, -0.2) is 57.7 Å². The Labute approximate surface area is 114 Å². The lowest BCUT2D eigenvalue weighted by atomic mass is 9.99. The molecule has 1 aromatic rings. The van der Waals surface area contributed by atoms with Crippen molar-refractivity contribution in [3.8, 4) is 5.75 Å². The molecule has 0 radical (unpaired) electrons. The minimum absolute atomic E-state index is 0.383. The molecule has 1 aliphatic heterocycles. The van der Waals surface area contributed by atoms with Crippen LogP contribution in [0.3, 0.4) is 0 Å². The number of aliphatic hydroxyl groups excluding tert-OH is 4. The number of halogens is 1. The summed E-state index contributed by atoms with van der Waals surface area (Å²) in [6.07, 6.45) is -6.45. The van der Waals surface area contributed by atoms with E-state index >= 15 is 0 Å². The van der Waals surface area contributed by atoms with E-state index in [0.717, 1.165) is 0 Å². The molecule has 5 atom stereocenters. The average molecular weight is 291 g/mol. The molecule has 0 aliphatic carbocycles. The van der Waals surface area contributed by atoms with Crippen molar-refractivity contribution in [1.82, 2.24) is 0 Å². The van der Waals surface area contributed by atoms with Gasteiger partial charge in [-0.25, -0.2) is 0 Å². The average Bonchev–Trinajstić information content (AvgIpc) is 2.42. The molecule has 1 heterocycles. The molecule has 1 saturated heterocycles. The van der Waals surface area contributed by atoms with Crippen LogP contribution in [0.25, 0.3) is 0 Å². The lowest BCUT2D eigenvalue weighted by Gasteiger charge is -2.39. The standard InChI is InChI=1S/C12H15ClO6/c13-6-1-3-7(4-2-6)18-12-11(17)10(16)9(15)8(5-14)19-12/h1-4,8-12,14-17H,5H2/t8-,9-,10-,11-,12-/m1/s1. The summed E-state index contributed by atoms with van der Waals surface area (Å²) in [6.45, 7) is -0.495. The second-order valence-corrected chi connectivity index (χ2v) is 4.71. The van der Waals surface area contributed by atoms with Gasteiger partial charge in [0.25, 0.3) is 0 Å². The molecule has 7 heteroatoms. The van der Waals surface area contributed by atoms with Gasteiger partial charge in [0.1, 0.15) is 30.2 Å². The van der Waals surface area contributed by atoms with Gasteiger partial charge in [0, 0.05) is 5.02 Å². The van der Waals surface area contributed by atoms with Crippen molar-refractivity contribution >= 4 is 11.6 Å². The zero-order valence-electron chi connectivity index (χ0n) is 9.89. The van der Waals surface area contributed by atoms with E-state index in [4.69, 9.17) is 26.2 Å². The molecule has 0 unspecified atom stereocenters. The van der Waals surface area contributed by atoms with Gasteiger partial charge in [-0.3, -0.25) is 0 Å². The van der Waals surface area contributed by atoms with E-state index in [1.807, 2.05) is 0 Å². The van der Waals surface area contributed by atoms with Crippen LogP contribution in [-0.2, 0) is 4.74 Å². The van der Waals surface area contributed by atoms with Gasteiger partial charge in [-0.15, -0.1) is 0 Å². The van der Waals surface area contributed by atoms with E-state index in [-0.39, 0.29) is 0 Å². The van der Waals surface area contributed by atoms with E-state index in [0.29, 0.717) is 10.8 Å². The third-order valence-corrected chi connectivity index (χ3v) is 3.17. The lowest BCUT2D eigenvalue weighted by Crippen LogP contribution is -2.60. The number of hydrogen-bond donors (Lipinski definition) is 4. The maximum absolute atomic E-state index is 9.77. The van der Waals surface area contributed by atoms with Crippen molar-refractivity contribution in [2.75, 3.05) is 6.61 Å². The first-order valence-corrected chi connectivity index (χ1v) is 6.13. The van der Waals surface area contributed by atoms with Gasteiger partial charge in [0.15, 0.2) is 0 Å². The number of aliphatic hydroxyl groups is 4. The predicted octanol–water partition coefficient (Wildman–Crippen LogP) is -0.481. The first-order valence-electron chi connectivity index (χ1n) is 5.75. The van der Waals surface area contributed by atoms with Crippen LogP contribution < -0.4 is 4.74 Å². The second-order valence-electron chi connectivity index (χ2n) is 4.27. The number of rotatable bonds is 3. The highest BCUT2D eigenvalue weighted by Crippen LogP contribution is 2.24. The Morgan fingerprint density at radius 3 is 2.26 bits per heavy atom. The number of hydrogen-bond acceptors (Lipinski definition) is 6. The third-order valence-electron chi connectivity index (χ3n) is 2.91. The monoisotopic (exact) mass is 290 g/mol. The molecule has 4 N–H and O–H groups in total. The fraction of sp³-hybridized carbons (Fsp3) is 0.500. The van der Waals surface area contributed by atoms with Crippen LogP contribution in [0.2, 0.25) is 5.02 Å². The maximum atomic E-state index is 9.77. The molecule has 0 aromatic heterocycles. The molecule has 0 spiro atoms. The zero-order valence-corrected chi connectivity index (χ0v) is 10.6. The van der Waals surface area contributed by atoms with Gasteiger partial charge in [-0.2, -0.15) is 0 Å². The summed E-state index contributed by atoms with van der Waals surface area (Å²) in [5.74, 6) is 0.383. The van der Waals surface area contributed by atoms with E-state index < -0.39 is 37.3 Å². The van der Waals surface area contributed by atoms with E-state index in [1.165, 1.54) is 0 Å². The summed E-state index contributed by atoms with van der Waals surface area (Å²) >= 11 is 5.73. The van der Waals surface area contributed by atoms with Crippen molar-refractivity contribution in [2.45, 2.75) is 30.7 Å². The van der Waals surface area contributed by atoms with Crippen molar-refractivity contribution < 1.29 is 29.9 Å². The summed E-state index contributed by atoms with van der Waals surface area (Å²) in [6, 6.07) is 6.34. The Morgan fingerprint density at radius 2 is 1.68 bits per heavy atom. The molecular weight excluding hydrogens is 276 g/mol. The fourth-order valence-electron chi connectivity index (χ4n) is 1.81. The van der Waals surface area contributed by atoms with Crippen molar-refractivity contribution in [3.05, 3.63) is 29.3 Å². The van der Waals surface area contributed by atoms with Gasteiger partial charge < -0.3 is 29.9 Å². The van der Waals surface area contributed by atoms with Crippen LogP contribution >= 0.6 is 11.6 Å². The highest BCUT2D eigenvalue weighted by molar-refractivity contribution is 6.30. The lowest BCUT2D eigenvalue weighted by molar-refractivity contribution is -0.277. The summed E-state index contributed by atoms with van der Waals surface area (Å²) < 4.78 is 10.6. The topological polar surface area (TPSA) is 99.4 Å². The summed E-state index contributed by atoms with van der Waals surface area (Å²) in [7, 11) is 0. The molecule has 1 fully saturated rings. The summed E-state index contributed by atoms with van der Waals surface area (Å²) in [4.78, 5) is 0. The van der Waals surface area contributed by atoms with Gasteiger partial charge >= 0.3 is 0 Å². The fourth-order valence-corrected chi connectivity index (χ4v) is 1.94. The normalized spacial score (nSPS) is 35.1. The third kappa shape index (κ3) is 3.17. The quantitative estimate of drug-likeness (QED) is 0.600. The van der Waals surface area contributed by atoms with Crippen LogP contribution in [0.15, 0.2) is 24.3 Å². The number of ether oxygens (including phenoxy) is 2. The molecular formula is C12H15ClO6. The van der Waals surface area contributed by atoms with E-state index in [1.54, 1.807) is 24.3 Å². The van der Waals surface area contributed by atoms with Crippen molar-refractivity contribution in [2.24, 2.45) is 0 Å². The highest BCUT2D eigenvalue weighted by atomic mass is 35.5. The predicted molar refractivity (Wildman–Crippen MR) is 65.8 cm³/mol. The SMILES string of the molecule is OC[C@H]1O[C@@H](Oc2ccc(Cl)cc2)[C@H](O)[C@H](O)[C@@H]1O. The Kier molecular flexibility index (Phi) is 4.62. The maximum Gasteiger partial charge on any atom is 0.229 e. The zero-order chi connectivity index (χ0) is 14.0.